The molecule has 0 aromatic carbocycles. The van der Waals surface area contributed by atoms with Crippen LogP contribution in [0.1, 0.15) is 186 Å². The summed E-state index contributed by atoms with van der Waals surface area (Å²) < 4.78 is 0. The molecule has 9 saturated carbocycles. The molecular weight excluding hydrogens is 540 g/mol. The molecule has 0 N–H and O–H groups in total. The van der Waals surface area contributed by atoms with Crippen molar-refractivity contribution in [3.63, 3.8) is 0 Å². The Balaban J connectivity index is 0.981. The molecule has 9 fully saturated rings. The van der Waals surface area contributed by atoms with Crippen LogP contribution in [0, 0.1) is 94.7 Å². The molecule has 0 aliphatic heterocycles. The Morgan fingerprint density at radius 3 is 1.27 bits per heavy atom. The van der Waals surface area contributed by atoms with E-state index < -0.39 is 0 Å². The smallest absolute Gasteiger partial charge is 0.0321 e. The molecule has 14 unspecified atom stereocenters. The van der Waals surface area contributed by atoms with Gasteiger partial charge < -0.3 is 0 Å². The van der Waals surface area contributed by atoms with E-state index in [1.54, 1.807) is 186 Å². The van der Waals surface area contributed by atoms with Crippen molar-refractivity contribution in [2.45, 2.75) is 186 Å². The molecule has 0 radical (unpaired) electrons. The summed E-state index contributed by atoms with van der Waals surface area (Å²) in [6.45, 7) is 0. The third-order valence-corrected chi connectivity index (χ3v) is 18.5. The summed E-state index contributed by atoms with van der Waals surface area (Å²) in [6.07, 6.45) is 46.8. The molecule has 0 nitrogen and oxygen atoms in total. The van der Waals surface area contributed by atoms with E-state index in [0.717, 1.165) is 94.7 Å². The average Bonchev–Trinajstić information content (AvgIpc) is 3.49. The maximum absolute atomic E-state index is 1.70. The lowest BCUT2D eigenvalue weighted by molar-refractivity contribution is -0.0342. The third-order valence-electron chi connectivity index (χ3n) is 18.5. The zero-order valence-corrected chi connectivity index (χ0v) is 29.7. The SMILES string of the molecule is C1CCC(C2CC(C3CCC4CCCCC4C3)CC(C3CCC(C4CCCCC4)C4C5CC6CCCCC6CC5CC34)C2)CC1. The summed E-state index contributed by atoms with van der Waals surface area (Å²) in [5.41, 5.74) is 0. The van der Waals surface area contributed by atoms with E-state index in [0.29, 0.717) is 0 Å². The van der Waals surface area contributed by atoms with E-state index in [1.165, 1.54) is 0 Å². The van der Waals surface area contributed by atoms with Gasteiger partial charge in [-0.25, -0.2) is 0 Å². The van der Waals surface area contributed by atoms with Gasteiger partial charge in [0, 0.05) is 0 Å². The van der Waals surface area contributed by atoms with E-state index >= 15 is 0 Å². The molecule has 14 atom stereocenters. The highest BCUT2D eigenvalue weighted by Gasteiger charge is 2.57. The van der Waals surface area contributed by atoms with Gasteiger partial charge in [-0.15, -0.1) is 0 Å². The second-order valence-corrected chi connectivity index (χ2v) is 20.2. The van der Waals surface area contributed by atoms with Crippen molar-refractivity contribution in [2.24, 2.45) is 94.7 Å². The first-order valence-electron chi connectivity index (χ1n) is 22.3. The number of hydrogen-bond acceptors (Lipinski definition) is 0. The van der Waals surface area contributed by atoms with Crippen LogP contribution in [0.5, 0.6) is 0 Å². The highest BCUT2D eigenvalue weighted by atomic mass is 14.6. The Hall–Kier alpha value is 0. The fraction of sp³-hybridized carbons (Fsp3) is 1.00. The highest BCUT2D eigenvalue weighted by Crippen LogP contribution is 2.65. The van der Waals surface area contributed by atoms with Crippen LogP contribution in [0.2, 0.25) is 0 Å². The highest BCUT2D eigenvalue weighted by molar-refractivity contribution is 5.06. The number of fused-ring (bicyclic) bond motifs is 5. The first-order valence-corrected chi connectivity index (χ1v) is 22.3. The molecule has 0 spiro atoms. The third kappa shape index (κ3) is 6.19. The molecule has 9 rings (SSSR count). The average molecular weight is 615 g/mol. The predicted octanol–water partition coefficient (Wildman–Crippen LogP) is 13.3. The lowest BCUT2D eigenvalue weighted by atomic mass is 9.52. The van der Waals surface area contributed by atoms with Gasteiger partial charge in [0.25, 0.3) is 0 Å². The molecule has 0 bridgehead atoms. The summed E-state index contributed by atoms with van der Waals surface area (Å²) in [5.74, 6) is 18.1. The largest absolute Gasteiger partial charge is 0.0533 e. The normalized spacial score (nSPS) is 51.5. The van der Waals surface area contributed by atoms with Crippen molar-refractivity contribution in [3.8, 4) is 0 Å². The van der Waals surface area contributed by atoms with Crippen LogP contribution in [-0.2, 0) is 0 Å². The number of hydrogen-bond donors (Lipinski definition) is 0. The Labute approximate surface area is 280 Å². The van der Waals surface area contributed by atoms with Crippen molar-refractivity contribution in [1.29, 1.82) is 0 Å². The van der Waals surface area contributed by atoms with Gasteiger partial charge in [-0.3, -0.25) is 0 Å². The molecular formula is C45H74. The molecule has 0 saturated heterocycles. The summed E-state index contributed by atoms with van der Waals surface area (Å²) >= 11 is 0. The first-order chi connectivity index (χ1) is 22.3. The maximum atomic E-state index is 1.70. The van der Waals surface area contributed by atoms with Gasteiger partial charge in [0.05, 0.1) is 0 Å². The lowest BCUT2D eigenvalue weighted by Crippen LogP contribution is -2.45. The van der Waals surface area contributed by atoms with Crippen LogP contribution < -0.4 is 0 Å². The Bertz CT molecular complexity index is 953. The Morgan fingerprint density at radius 2 is 0.556 bits per heavy atom. The molecule has 0 amide bonds. The molecule has 254 valence electrons. The van der Waals surface area contributed by atoms with Crippen LogP contribution in [-0.4, -0.2) is 0 Å². The fourth-order valence-corrected chi connectivity index (χ4v) is 16.7. The van der Waals surface area contributed by atoms with E-state index in [9.17, 15) is 0 Å². The van der Waals surface area contributed by atoms with E-state index in [-0.39, 0.29) is 0 Å². The van der Waals surface area contributed by atoms with Crippen LogP contribution in [0.4, 0.5) is 0 Å². The number of rotatable bonds is 4. The van der Waals surface area contributed by atoms with Crippen molar-refractivity contribution in [3.05, 3.63) is 0 Å². The minimum atomic E-state index is 1.11. The summed E-state index contributed by atoms with van der Waals surface area (Å²) in [5, 5.41) is 0. The molecule has 0 heterocycles. The second-order valence-electron chi connectivity index (χ2n) is 20.2. The quantitative estimate of drug-likeness (QED) is 0.295. The first kappa shape index (κ1) is 31.0. The summed E-state index contributed by atoms with van der Waals surface area (Å²) in [4.78, 5) is 0. The van der Waals surface area contributed by atoms with Crippen LogP contribution in [0.3, 0.4) is 0 Å². The van der Waals surface area contributed by atoms with Gasteiger partial charge in [-0.05, 0) is 165 Å². The Morgan fingerprint density at radius 1 is 0.178 bits per heavy atom. The zero-order valence-electron chi connectivity index (χ0n) is 29.7. The molecule has 9 aliphatic rings. The predicted molar refractivity (Wildman–Crippen MR) is 190 cm³/mol. The fourth-order valence-electron chi connectivity index (χ4n) is 16.7. The second kappa shape index (κ2) is 13.7. The standard InChI is InChI=1S/C45H74/c1-3-11-30(12-4-1)37-25-38(36-20-19-31-13-7-8-16-33(31)23-36)27-39(26-37)41-21-22-42(32-14-5-2-6-15-32)45-43-28-35-18-10-9-17-34(35)24-40(43)29-44(41)45/h30-45H,1-29H2. The topological polar surface area (TPSA) is 0 Å². The lowest BCUT2D eigenvalue weighted by Gasteiger charge is -2.53. The van der Waals surface area contributed by atoms with Gasteiger partial charge in [0.1, 0.15) is 0 Å². The van der Waals surface area contributed by atoms with Gasteiger partial charge in [0.2, 0.25) is 0 Å². The molecule has 0 aromatic heterocycles. The molecule has 9 aliphatic carbocycles. The van der Waals surface area contributed by atoms with Crippen molar-refractivity contribution in [2.75, 3.05) is 0 Å². The molecule has 0 aromatic rings. The molecule has 45 heavy (non-hydrogen) atoms. The van der Waals surface area contributed by atoms with Crippen LogP contribution >= 0.6 is 0 Å². The van der Waals surface area contributed by atoms with Crippen LogP contribution in [0.15, 0.2) is 0 Å². The van der Waals surface area contributed by atoms with E-state index in [2.05, 4.69) is 0 Å². The van der Waals surface area contributed by atoms with Crippen molar-refractivity contribution in [1.82, 2.24) is 0 Å². The van der Waals surface area contributed by atoms with Gasteiger partial charge in [-0.2, -0.15) is 0 Å². The summed E-state index contributed by atoms with van der Waals surface area (Å²) in [6, 6.07) is 0. The maximum Gasteiger partial charge on any atom is -0.0321 e. The monoisotopic (exact) mass is 615 g/mol. The van der Waals surface area contributed by atoms with E-state index in [4.69, 9.17) is 0 Å². The summed E-state index contributed by atoms with van der Waals surface area (Å²) in [7, 11) is 0. The minimum Gasteiger partial charge on any atom is -0.0533 e. The van der Waals surface area contributed by atoms with Gasteiger partial charge >= 0.3 is 0 Å². The van der Waals surface area contributed by atoms with Crippen LogP contribution in [0.25, 0.3) is 0 Å². The van der Waals surface area contributed by atoms with Gasteiger partial charge in [0.15, 0.2) is 0 Å². The van der Waals surface area contributed by atoms with Crippen molar-refractivity contribution < 1.29 is 0 Å². The van der Waals surface area contributed by atoms with Crippen molar-refractivity contribution >= 4 is 0 Å². The minimum absolute atomic E-state index is 1.11. The Kier molecular flexibility index (Phi) is 9.46. The van der Waals surface area contributed by atoms with Gasteiger partial charge in [-0.1, -0.05) is 116 Å². The zero-order chi connectivity index (χ0) is 29.7. The molecule has 0 heteroatoms. The van der Waals surface area contributed by atoms with E-state index in [1.807, 2.05) is 0 Å².